The number of aliphatic hydroxyl groups is 2. The van der Waals surface area contributed by atoms with Gasteiger partial charge in [0.05, 0.1) is 29.4 Å². The third-order valence-electron chi connectivity index (χ3n) is 4.99. The monoisotopic (exact) mass is 449 g/mol. The number of ether oxygens (including phenoxy) is 1. The molecule has 1 amide bonds. The number of aromatic amines is 1. The second-order valence-corrected chi connectivity index (χ2v) is 7.20. The van der Waals surface area contributed by atoms with E-state index in [9.17, 15) is 20.0 Å². The van der Waals surface area contributed by atoms with Crippen LogP contribution in [0, 0.1) is 11.3 Å². The maximum absolute atomic E-state index is 13.1. The number of carbonyl (C=O) groups is 1. The molecule has 11 nitrogen and oxygen atoms in total. The summed E-state index contributed by atoms with van der Waals surface area (Å²) in [5.74, 6) is -0.702. The summed E-state index contributed by atoms with van der Waals surface area (Å²) >= 11 is 0. The van der Waals surface area contributed by atoms with Gasteiger partial charge in [-0.1, -0.05) is 17.3 Å². The number of nitriles is 1. The second kappa shape index (κ2) is 8.99. The Bertz CT molecular complexity index is 1430. The molecule has 11 heteroatoms. The molecule has 4 rings (SSSR count). The van der Waals surface area contributed by atoms with Gasteiger partial charge in [-0.25, -0.2) is 4.79 Å². The molecular formula is C22H19N5O6. The Labute approximate surface area is 186 Å². The average Bonchev–Trinajstić information content (AvgIpc) is 3.41. The minimum absolute atomic E-state index is 0.0718. The smallest absolute Gasteiger partial charge is 0.439 e. The van der Waals surface area contributed by atoms with Crippen LogP contribution in [0.5, 0.6) is 5.75 Å². The maximum atomic E-state index is 13.1. The van der Waals surface area contributed by atoms with Crippen LogP contribution in [-0.4, -0.2) is 50.1 Å². The lowest BCUT2D eigenvalue weighted by Gasteiger charge is -2.13. The lowest BCUT2D eigenvalue weighted by atomic mass is 10.1. The lowest BCUT2D eigenvalue weighted by Crippen LogP contribution is -2.21. The number of amides is 1. The van der Waals surface area contributed by atoms with Crippen molar-refractivity contribution >= 4 is 22.5 Å². The molecule has 0 unspecified atom stereocenters. The highest BCUT2D eigenvalue weighted by Crippen LogP contribution is 2.30. The van der Waals surface area contributed by atoms with Crippen molar-refractivity contribution in [2.45, 2.75) is 6.10 Å². The molecule has 0 aliphatic heterocycles. The molecule has 0 aliphatic carbocycles. The Hall–Kier alpha value is -4.40. The Morgan fingerprint density at radius 2 is 2.18 bits per heavy atom. The Balaban J connectivity index is 1.69. The van der Waals surface area contributed by atoms with Crippen molar-refractivity contribution in [1.82, 2.24) is 14.7 Å². The number of fused-ring (bicyclic) bond motifs is 1. The number of aliphatic hydroxyl groups excluding tert-OH is 2. The van der Waals surface area contributed by atoms with Gasteiger partial charge in [-0.15, -0.1) is 0 Å². The fourth-order valence-corrected chi connectivity index (χ4v) is 3.40. The SMILES string of the molecule is Cn1c(C(=O)Nc2ccc(C#N)cc2-c2noc(=O)[nH]2)cc2cccc(OC[C@H](O)CO)c21. The molecule has 0 aliphatic rings. The van der Waals surface area contributed by atoms with E-state index >= 15 is 0 Å². The number of anilines is 1. The zero-order chi connectivity index (χ0) is 23.5. The highest BCUT2D eigenvalue weighted by molar-refractivity contribution is 6.08. The fourth-order valence-electron chi connectivity index (χ4n) is 3.40. The summed E-state index contributed by atoms with van der Waals surface area (Å²) in [5, 5.41) is 34.9. The summed E-state index contributed by atoms with van der Waals surface area (Å²) in [6, 6.07) is 13.5. The van der Waals surface area contributed by atoms with Crippen molar-refractivity contribution in [1.29, 1.82) is 5.26 Å². The van der Waals surface area contributed by atoms with Crippen LogP contribution in [-0.2, 0) is 7.05 Å². The minimum Gasteiger partial charge on any atom is -0.489 e. The summed E-state index contributed by atoms with van der Waals surface area (Å²) in [4.78, 5) is 26.9. The third-order valence-corrected chi connectivity index (χ3v) is 4.99. The molecule has 0 bridgehead atoms. The van der Waals surface area contributed by atoms with E-state index in [4.69, 9.17) is 9.84 Å². The maximum Gasteiger partial charge on any atom is 0.439 e. The van der Waals surface area contributed by atoms with Gasteiger partial charge >= 0.3 is 5.76 Å². The quantitative estimate of drug-likeness (QED) is 0.328. The molecule has 2 aromatic heterocycles. The number of benzene rings is 2. The first-order valence-electron chi connectivity index (χ1n) is 9.83. The zero-order valence-electron chi connectivity index (χ0n) is 17.4. The molecule has 168 valence electrons. The summed E-state index contributed by atoms with van der Waals surface area (Å²) < 4.78 is 11.8. The van der Waals surface area contributed by atoms with Crippen LogP contribution < -0.4 is 15.8 Å². The Kier molecular flexibility index (Phi) is 5.95. The minimum atomic E-state index is -1.03. The van der Waals surface area contributed by atoms with E-state index < -0.39 is 24.4 Å². The van der Waals surface area contributed by atoms with Crippen LogP contribution in [0.1, 0.15) is 16.1 Å². The van der Waals surface area contributed by atoms with Gasteiger partial charge in [0.2, 0.25) is 0 Å². The van der Waals surface area contributed by atoms with Crippen LogP contribution in [0.3, 0.4) is 0 Å². The van der Waals surface area contributed by atoms with Gasteiger partial charge in [0.25, 0.3) is 5.91 Å². The van der Waals surface area contributed by atoms with Crippen LogP contribution in [0.4, 0.5) is 5.69 Å². The molecule has 0 spiro atoms. The highest BCUT2D eigenvalue weighted by Gasteiger charge is 2.19. The van der Waals surface area contributed by atoms with Gasteiger partial charge in [-0.05, 0) is 30.3 Å². The fraction of sp³-hybridized carbons (Fsp3) is 0.182. The second-order valence-electron chi connectivity index (χ2n) is 7.20. The summed E-state index contributed by atoms with van der Waals surface area (Å²) in [5.41, 5.74) is 1.88. The first kappa shape index (κ1) is 21.8. The number of rotatable bonds is 7. The lowest BCUT2D eigenvalue weighted by molar-refractivity contribution is 0.0540. The number of hydrogen-bond acceptors (Lipinski definition) is 8. The first-order chi connectivity index (χ1) is 15.9. The third kappa shape index (κ3) is 4.33. The van der Waals surface area contributed by atoms with Gasteiger partial charge in [0.15, 0.2) is 5.82 Å². The van der Waals surface area contributed by atoms with Gasteiger partial charge in [-0.2, -0.15) is 5.26 Å². The molecule has 33 heavy (non-hydrogen) atoms. The molecule has 0 fully saturated rings. The molecule has 0 radical (unpaired) electrons. The van der Waals surface area contributed by atoms with Crippen molar-refractivity contribution < 1.29 is 24.3 Å². The van der Waals surface area contributed by atoms with E-state index in [0.717, 1.165) is 5.39 Å². The van der Waals surface area contributed by atoms with Gasteiger partial charge in [0, 0.05) is 18.0 Å². The van der Waals surface area contributed by atoms with Gasteiger partial charge in [-0.3, -0.25) is 14.3 Å². The van der Waals surface area contributed by atoms with Crippen LogP contribution >= 0.6 is 0 Å². The molecular weight excluding hydrogens is 430 g/mol. The topological polar surface area (TPSA) is 166 Å². The predicted molar refractivity (Wildman–Crippen MR) is 117 cm³/mol. The molecule has 2 heterocycles. The molecule has 1 atom stereocenters. The number of carbonyl (C=O) groups excluding carboxylic acids is 1. The van der Waals surface area contributed by atoms with Crippen LogP contribution in [0.15, 0.2) is 51.8 Å². The molecule has 0 saturated carbocycles. The number of aromatic nitrogens is 3. The zero-order valence-corrected chi connectivity index (χ0v) is 17.4. The van der Waals surface area contributed by atoms with Crippen molar-refractivity contribution in [3.63, 3.8) is 0 Å². The summed E-state index contributed by atoms with van der Waals surface area (Å²) in [6.07, 6.45) is -1.03. The number of para-hydroxylation sites is 1. The van der Waals surface area contributed by atoms with E-state index in [1.807, 2.05) is 12.1 Å². The molecule has 2 aromatic carbocycles. The van der Waals surface area contributed by atoms with Crippen molar-refractivity contribution in [3.8, 4) is 23.2 Å². The van der Waals surface area contributed by atoms with E-state index in [1.54, 1.807) is 29.8 Å². The number of nitrogens with one attached hydrogen (secondary N) is 2. The van der Waals surface area contributed by atoms with Crippen LogP contribution in [0.2, 0.25) is 0 Å². The first-order valence-corrected chi connectivity index (χ1v) is 9.83. The number of H-pyrrole nitrogens is 1. The standard InChI is InChI=1S/C22H19N5O6/c1-27-17(8-13-3-2-4-18(19(13)27)32-11-14(29)10-28)21(30)24-16-6-5-12(9-23)7-15(16)20-25-22(31)33-26-20/h2-8,14,28-29H,10-11H2,1H3,(H,24,30)(H,25,26,31)/t14-/m1/s1. The number of hydrogen-bond donors (Lipinski definition) is 4. The van der Waals surface area contributed by atoms with Crippen molar-refractivity contribution in [2.75, 3.05) is 18.5 Å². The highest BCUT2D eigenvalue weighted by atomic mass is 16.5. The molecule has 0 saturated heterocycles. The van der Waals surface area contributed by atoms with E-state index in [-0.39, 0.29) is 12.4 Å². The van der Waals surface area contributed by atoms with Crippen LogP contribution in [0.25, 0.3) is 22.3 Å². The normalized spacial score (nSPS) is 11.8. The Morgan fingerprint density at radius 3 is 2.88 bits per heavy atom. The number of aryl methyl sites for hydroxylation is 1. The summed E-state index contributed by atoms with van der Waals surface area (Å²) in [7, 11) is 1.70. The molecule has 4 aromatic rings. The van der Waals surface area contributed by atoms with E-state index in [1.165, 1.54) is 18.2 Å². The van der Waals surface area contributed by atoms with E-state index in [2.05, 4.69) is 20.0 Å². The largest absolute Gasteiger partial charge is 0.489 e. The Morgan fingerprint density at radius 1 is 1.36 bits per heavy atom. The average molecular weight is 449 g/mol. The predicted octanol–water partition coefficient (Wildman–Crippen LogP) is 1.38. The summed E-state index contributed by atoms with van der Waals surface area (Å²) in [6.45, 7) is -0.534. The van der Waals surface area contributed by atoms with Crippen molar-refractivity contribution in [2.24, 2.45) is 7.05 Å². The van der Waals surface area contributed by atoms with Gasteiger partial charge < -0.3 is 24.8 Å². The number of nitrogens with zero attached hydrogens (tertiary/aromatic N) is 3. The van der Waals surface area contributed by atoms with Crippen molar-refractivity contribution in [3.05, 3.63) is 64.3 Å². The van der Waals surface area contributed by atoms with E-state index in [0.29, 0.717) is 33.8 Å². The van der Waals surface area contributed by atoms with Gasteiger partial charge in [0.1, 0.15) is 24.2 Å². The molecule has 4 N–H and O–H groups in total.